The van der Waals surface area contributed by atoms with Crippen LogP contribution in [0, 0.1) is 18.6 Å². The average molecular weight is 277 g/mol. The standard InChI is InChI=1S/C15H13F2NO2/c1-9-3-2-4-10(5-9)8-20-15(19)11-6-13(17)14(18)7-12(11)16/h2-7H,8,18H2,1H3. The van der Waals surface area contributed by atoms with Gasteiger partial charge in [-0.1, -0.05) is 29.8 Å². The van der Waals surface area contributed by atoms with E-state index in [2.05, 4.69) is 0 Å². The number of nitrogens with two attached hydrogens (primary N) is 1. The van der Waals surface area contributed by atoms with Crippen molar-refractivity contribution < 1.29 is 18.3 Å². The van der Waals surface area contributed by atoms with Crippen LogP contribution < -0.4 is 5.73 Å². The summed E-state index contributed by atoms with van der Waals surface area (Å²) in [4.78, 5) is 11.7. The first-order valence-electron chi connectivity index (χ1n) is 5.94. The molecule has 3 nitrogen and oxygen atoms in total. The third-order valence-corrected chi connectivity index (χ3v) is 2.76. The topological polar surface area (TPSA) is 52.3 Å². The van der Waals surface area contributed by atoms with E-state index >= 15 is 0 Å². The summed E-state index contributed by atoms with van der Waals surface area (Å²) in [5.41, 5.74) is 6.18. The first kappa shape index (κ1) is 14.0. The Hall–Kier alpha value is -2.43. The van der Waals surface area contributed by atoms with Gasteiger partial charge in [-0.15, -0.1) is 0 Å². The number of aryl methyl sites for hydroxylation is 1. The van der Waals surface area contributed by atoms with Crippen molar-refractivity contribution in [2.45, 2.75) is 13.5 Å². The van der Waals surface area contributed by atoms with Crippen molar-refractivity contribution >= 4 is 11.7 Å². The minimum absolute atomic E-state index is 0.00799. The lowest BCUT2D eigenvalue weighted by molar-refractivity contribution is 0.0466. The minimum atomic E-state index is -0.928. The van der Waals surface area contributed by atoms with Gasteiger partial charge in [0.2, 0.25) is 0 Å². The van der Waals surface area contributed by atoms with Gasteiger partial charge in [0.25, 0.3) is 0 Å². The molecule has 104 valence electrons. The number of ether oxygens (including phenoxy) is 1. The first-order chi connectivity index (χ1) is 9.47. The Morgan fingerprint density at radius 2 is 1.95 bits per heavy atom. The van der Waals surface area contributed by atoms with Crippen molar-refractivity contribution in [3.8, 4) is 0 Å². The molecule has 0 radical (unpaired) electrons. The third-order valence-electron chi connectivity index (χ3n) is 2.76. The van der Waals surface area contributed by atoms with Crippen molar-refractivity contribution in [3.05, 3.63) is 64.7 Å². The van der Waals surface area contributed by atoms with Crippen molar-refractivity contribution in [1.29, 1.82) is 0 Å². The molecule has 2 rings (SSSR count). The molecule has 2 N–H and O–H groups in total. The summed E-state index contributed by atoms with van der Waals surface area (Å²) >= 11 is 0. The van der Waals surface area contributed by atoms with Crippen LogP contribution in [-0.4, -0.2) is 5.97 Å². The Morgan fingerprint density at radius 3 is 2.65 bits per heavy atom. The summed E-state index contributed by atoms with van der Waals surface area (Å²) in [5, 5.41) is 0. The van der Waals surface area contributed by atoms with Gasteiger partial charge in [-0.25, -0.2) is 13.6 Å². The largest absolute Gasteiger partial charge is 0.457 e. The summed E-state index contributed by atoms with van der Waals surface area (Å²) < 4.78 is 31.7. The molecule has 5 heteroatoms. The van der Waals surface area contributed by atoms with Gasteiger partial charge in [-0.3, -0.25) is 0 Å². The maximum absolute atomic E-state index is 13.5. The number of rotatable bonds is 3. The number of anilines is 1. The third kappa shape index (κ3) is 3.12. The fourth-order valence-corrected chi connectivity index (χ4v) is 1.75. The van der Waals surface area contributed by atoms with E-state index in [4.69, 9.17) is 10.5 Å². The maximum atomic E-state index is 13.5. The van der Waals surface area contributed by atoms with Crippen molar-refractivity contribution in [3.63, 3.8) is 0 Å². The van der Waals surface area contributed by atoms with E-state index in [-0.39, 0.29) is 12.3 Å². The molecule has 0 fully saturated rings. The summed E-state index contributed by atoms with van der Waals surface area (Å²) in [7, 11) is 0. The number of carbonyl (C=O) groups is 1. The number of hydrogen-bond acceptors (Lipinski definition) is 3. The molecule has 0 aliphatic carbocycles. The second-order valence-corrected chi connectivity index (χ2v) is 4.42. The first-order valence-corrected chi connectivity index (χ1v) is 5.94. The van der Waals surface area contributed by atoms with E-state index in [9.17, 15) is 13.6 Å². The molecule has 0 aliphatic heterocycles. The maximum Gasteiger partial charge on any atom is 0.341 e. The van der Waals surface area contributed by atoms with Gasteiger partial charge in [-0.2, -0.15) is 0 Å². The summed E-state index contributed by atoms with van der Waals surface area (Å²) in [6.07, 6.45) is 0. The predicted molar refractivity (Wildman–Crippen MR) is 71.1 cm³/mol. The Morgan fingerprint density at radius 1 is 1.20 bits per heavy atom. The van der Waals surface area contributed by atoms with E-state index in [1.165, 1.54) is 0 Å². The Balaban J connectivity index is 2.11. The second kappa shape index (κ2) is 5.69. The predicted octanol–water partition coefficient (Wildman–Crippen LogP) is 3.21. The fraction of sp³-hybridized carbons (Fsp3) is 0.133. The zero-order valence-electron chi connectivity index (χ0n) is 10.8. The van der Waals surface area contributed by atoms with Gasteiger partial charge in [0.1, 0.15) is 18.2 Å². The highest BCUT2D eigenvalue weighted by atomic mass is 19.1. The zero-order chi connectivity index (χ0) is 14.7. The number of esters is 1. The van der Waals surface area contributed by atoms with Crippen LogP contribution in [0.1, 0.15) is 21.5 Å². The highest BCUT2D eigenvalue weighted by molar-refractivity contribution is 5.90. The molecule has 20 heavy (non-hydrogen) atoms. The number of benzene rings is 2. The molecule has 0 atom stereocenters. The lowest BCUT2D eigenvalue weighted by atomic mass is 10.1. The minimum Gasteiger partial charge on any atom is -0.457 e. The SMILES string of the molecule is Cc1cccc(COC(=O)c2cc(F)c(N)cc2F)c1. The second-order valence-electron chi connectivity index (χ2n) is 4.42. The van der Waals surface area contributed by atoms with E-state index in [1.807, 2.05) is 25.1 Å². The zero-order valence-corrected chi connectivity index (χ0v) is 10.8. The van der Waals surface area contributed by atoms with Crippen LogP contribution in [0.3, 0.4) is 0 Å². The molecule has 0 heterocycles. The van der Waals surface area contributed by atoms with Crippen molar-refractivity contribution in [2.75, 3.05) is 5.73 Å². The number of halogens is 2. The van der Waals surface area contributed by atoms with Gasteiger partial charge in [0.15, 0.2) is 0 Å². The molecule has 0 amide bonds. The highest BCUT2D eigenvalue weighted by Gasteiger charge is 2.16. The number of hydrogen-bond donors (Lipinski definition) is 1. The summed E-state index contributed by atoms with van der Waals surface area (Å²) in [5.74, 6) is -2.69. The molecule has 0 unspecified atom stereocenters. The lowest BCUT2D eigenvalue weighted by Gasteiger charge is -2.07. The molecule has 2 aromatic carbocycles. The van der Waals surface area contributed by atoms with Crippen LogP contribution in [0.15, 0.2) is 36.4 Å². The Kier molecular flexibility index (Phi) is 3.98. The molecule has 0 saturated heterocycles. The fourth-order valence-electron chi connectivity index (χ4n) is 1.75. The van der Waals surface area contributed by atoms with Crippen molar-refractivity contribution in [2.24, 2.45) is 0 Å². The number of carbonyl (C=O) groups excluding carboxylic acids is 1. The monoisotopic (exact) mass is 277 g/mol. The normalized spacial score (nSPS) is 10.3. The quantitative estimate of drug-likeness (QED) is 0.692. The summed E-state index contributed by atoms with van der Waals surface area (Å²) in [6, 6.07) is 8.84. The highest BCUT2D eigenvalue weighted by Crippen LogP contribution is 2.18. The molecule has 0 aromatic heterocycles. The van der Waals surface area contributed by atoms with Gasteiger partial charge in [0.05, 0.1) is 11.3 Å². The average Bonchev–Trinajstić information content (AvgIpc) is 2.40. The van der Waals surface area contributed by atoms with E-state index in [0.29, 0.717) is 0 Å². The van der Waals surface area contributed by atoms with E-state index in [1.54, 1.807) is 6.07 Å². The van der Waals surface area contributed by atoms with Crippen LogP contribution >= 0.6 is 0 Å². The van der Waals surface area contributed by atoms with Gasteiger partial charge < -0.3 is 10.5 Å². The molecule has 2 aromatic rings. The number of nitrogen functional groups attached to an aromatic ring is 1. The molecule has 0 spiro atoms. The molecule has 0 saturated carbocycles. The van der Waals surface area contributed by atoms with Gasteiger partial charge >= 0.3 is 5.97 Å². The van der Waals surface area contributed by atoms with Crippen LogP contribution in [0.5, 0.6) is 0 Å². The van der Waals surface area contributed by atoms with Crippen LogP contribution in [-0.2, 0) is 11.3 Å². The Labute approximate surface area is 115 Å². The molecule has 0 aliphatic rings. The van der Waals surface area contributed by atoms with E-state index < -0.39 is 23.2 Å². The van der Waals surface area contributed by atoms with Crippen LogP contribution in [0.4, 0.5) is 14.5 Å². The molecular weight excluding hydrogens is 264 g/mol. The van der Waals surface area contributed by atoms with E-state index in [0.717, 1.165) is 23.3 Å². The van der Waals surface area contributed by atoms with Gasteiger partial charge in [0, 0.05) is 6.07 Å². The van der Waals surface area contributed by atoms with Crippen LogP contribution in [0.2, 0.25) is 0 Å². The van der Waals surface area contributed by atoms with Crippen LogP contribution in [0.25, 0.3) is 0 Å². The molecule has 0 bridgehead atoms. The van der Waals surface area contributed by atoms with Gasteiger partial charge in [-0.05, 0) is 18.6 Å². The summed E-state index contributed by atoms with van der Waals surface area (Å²) in [6.45, 7) is 1.90. The smallest absolute Gasteiger partial charge is 0.341 e. The lowest BCUT2D eigenvalue weighted by Crippen LogP contribution is -2.09. The molecular formula is C15H13F2NO2. The Bertz CT molecular complexity index is 656. The van der Waals surface area contributed by atoms with Crippen molar-refractivity contribution in [1.82, 2.24) is 0 Å².